The first kappa shape index (κ1) is 54.6. The number of carbonyl (C=O) groups excluding carboxylic acids is 1. The van der Waals surface area contributed by atoms with Gasteiger partial charge in [0.1, 0.15) is 6.10 Å². The zero-order valence-corrected chi connectivity index (χ0v) is 37.5. The lowest BCUT2D eigenvalue weighted by Gasteiger charge is -2.21. The molecule has 5 heteroatoms. The van der Waals surface area contributed by atoms with Gasteiger partial charge < -0.3 is 20.6 Å². The molecule has 0 bridgehead atoms. The molecule has 0 aliphatic carbocycles. The molecule has 0 aromatic heterocycles. The maximum absolute atomic E-state index is 12.5. The highest BCUT2D eigenvalue weighted by Gasteiger charge is 2.22. The molecule has 0 aromatic carbocycles. The van der Waals surface area contributed by atoms with Gasteiger partial charge in [-0.3, -0.25) is 4.79 Å². The molecule has 0 rings (SSSR count). The van der Waals surface area contributed by atoms with Crippen molar-refractivity contribution < 1.29 is 20.1 Å². The van der Waals surface area contributed by atoms with E-state index < -0.39 is 24.2 Å². The maximum atomic E-state index is 12.5. The van der Waals surface area contributed by atoms with E-state index in [1.54, 1.807) is 6.08 Å². The molecule has 0 heterocycles. The van der Waals surface area contributed by atoms with Gasteiger partial charge in [-0.2, -0.15) is 0 Å². The molecule has 4 N–H and O–H groups in total. The zero-order valence-electron chi connectivity index (χ0n) is 37.5. The molecule has 3 unspecified atom stereocenters. The van der Waals surface area contributed by atoms with Crippen molar-refractivity contribution in [2.45, 2.75) is 276 Å². The predicted octanol–water partition coefficient (Wildman–Crippen LogP) is 14.7. The zero-order chi connectivity index (χ0) is 40.8. The van der Waals surface area contributed by atoms with Crippen molar-refractivity contribution >= 4 is 5.91 Å². The fraction of sp³-hybridized carbons (Fsp3) is 0.863. The molecule has 330 valence electrons. The molecule has 1 amide bonds. The molecule has 0 radical (unpaired) electrons. The smallest absolute Gasteiger partial charge is 0.249 e. The summed E-state index contributed by atoms with van der Waals surface area (Å²) in [6.45, 7) is 4.10. The topological polar surface area (TPSA) is 89.8 Å². The van der Waals surface area contributed by atoms with Crippen LogP contribution in [0.3, 0.4) is 0 Å². The minimum absolute atomic E-state index is 0.362. The van der Waals surface area contributed by atoms with E-state index in [1.807, 2.05) is 6.08 Å². The minimum atomic E-state index is -1.10. The lowest BCUT2D eigenvalue weighted by atomic mass is 10.0. The van der Waals surface area contributed by atoms with Crippen molar-refractivity contribution in [3.05, 3.63) is 36.5 Å². The third kappa shape index (κ3) is 40.8. The monoisotopic (exact) mass is 788 g/mol. The Labute approximate surface area is 349 Å². The van der Waals surface area contributed by atoms with E-state index in [0.29, 0.717) is 6.42 Å². The average Bonchev–Trinajstić information content (AvgIpc) is 3.20. The Morgan fingerprint density at radius 1 is 0.464 bits per heavy atom. The Balaban J connectivity index is 3.61. The summed E-state index contributed by atoms with van der Waals surface area (Å²) >= 11 is 0. The SMILES string of the molecule is CC/C=C\C/C=C\CCCCCCCCCCCCCCCC(O)C(=O)NC(CO)C(O)/C=C/CCCCCCCCCCCCCCCCCCCCCC. The molecule has 3 atom stereocenters. The van der Waals surface area contributed by atoms with Crippen LogP contribution in [-0.2, 0) is 4.79 Å². The van der Waals surface area contributed by atoms with Crippen molar-refractivity contribution in [1.82, 2.24) is 5.32 Å². The van der Waals surface area contributed by atoms with Crippen LogP contribution in [0.2, 0.25) is 0 Å². The molecule has 5 nitrogen and oxygen atoms in total. The molecule has 0 fully saturated rings. The number of rotatable bonds is 45. The van der Waals surface area contributed by atoms with E-state index in [0.717, 1.165) is 44.9 Å². The van der Waals surface area contributed by atoms with Gasteiger partial charge in [-0.15, -0.1) is 0 Å². The summed E-state index contributed by atoms with van der Waals surface area (Å²) in [7, 11) is 0. The molecule has 0 aliphatic rings. The van der Waals surface area contributed by atoms with E-state index in [1.165, 1.54) is 193 Å². The van der Waals surface area contributed by atoms with Crippen LogP contribution in [0.25, 0.3) is 0 Å². The van der Waals surface area contributed by atoms with Gasteiger partial charge in [0.25, 0.3) is 0 Å². The van der Waals surface area contributed by atoms with E-state index in [9.17, 15) is 20.1 Å². The van der Waals surface area contributed by atoms with E-state index in [2.05, 4.69) is 43.5 Å². The van der Waals surface area contributed by atoms with Gasteiger partial charge in [0, 0.05) is 0 Å². The summed E-state index contributed by atoms with van der Waals surface area (Å²) < 4.78 is 0. The second-order valence-corrected chi connectivity index (χ2v) is 17.0. The highest BCUT2D eigenvalue weighted by molar-refractivity contribution is 5.80. The molecule has 0 aliphatic heterocycles. The Kier molecular flexibility index (Phi) is 45.1. The van der Waals surface area contributed by atoms with Crippen molar-refractivity contribution in [3.8, 4) is 0 Å². The van der Waals surface area contributed by atoms with Crippen LogP contribution in [0.4, 0.5) is 0 Å². The summed E-state index contributed by atoms with van der Waals surface area (Å²) in [5.41, 5.74) is 0. The standard InChI is InChI=1S/C51H97NO4/c1-3-5-7-9-11-13-15-17-19-21-23-25-26-28-29-31-33-35-37-39-41-43-45-49(54)48(47-53)52-51(56)50(55)46-44-42-40-38-36-34-32-30-27-24-22-20-18-16-14-12-10-8-6-4-2/h6,8,12,14,43,45,48-50,53-55H,3-5,7,9-11,13,15-42,44,46-47H2,1-2H3,(H,52,56)/b8-6-,14-12-,45-43+. The summed E-state index contributed by atoms with van der Waals surface area (Å²) in [4.78, 5) is 12.5. The summed E-state index contributed by atoms with van der Waals surface area (Å²) in [5.74, 6) is -0.502. The molecule has 0 saturated carbocycles. The van der Waals surface area contributed by atoms with Crippen molar-refractivity contribution in [2.75, 3.05) is 6.61 Å². The second kappa shape index (κ2) is 46.3. The molecule has 0 saturated heterocycles. The molecule has 56 heavy (non-hydrogen) atoms. The number of hydrogen-bond donors (Lipinski definition) is 4. The van der Waals surface area contributed by atoms with Crippen LogP contribution in [0.1, 0.15) is 258 Å². The van der Waals surface area contributed by atoms with Gasteiger partial charge in [-0.25, -0.2) is 0 Å². The molecule has 0 spiro atoms. The van der Waals surface area contributed by atoms with E-state index in [4.69, 9.17) is 0 Å². The number of aliphatic hydroxyl groups is 3. The maximum Gasteiger partial charge on any atom is 0.249 e. The first-order valence-electron chi connectivity index (χ1n) is 24.8. The molecular weight excluding hydrogens is 691 g/mol. The highest BCUT2D eigenvalue weighted by Crippen LogP contribution is 2.17. The Morgan fingerprint density at radius 3 is 1.21 bits per heavy atom. The van der Waals surface area contributed by atoms with Gasteiger partial charge in [-0.1, -0.05) is 249 Å². The van der Waals surface area contributed by atoms with Crippen molar-refractivity contribution in [3.63, 3.8) is 0 Å². The molecular formula is C51H97NO4. The van der Waals surface area contributed by atoms with Crippen LogP contribution >= 0.6 is 0 Å². The summed E-state index contributed by atoms with van der Waals surface area (Å²) in [5, 5.41) is 33.3. The first-order chi connectivity index (χ1) is 27.6. The van der Waals surface area contributed by atoms with Gasteiger partial charge >= 0.3 is 0 Å². The number of aliphatic hydroxyl groups excluding tert-OH is 3. The number of unbranched alkanes of at least 4 members (excludes halogenated alkanes) is 33. The minimum Gasteiger partial charge on any atom is -0.394 e. The Morgan fingerprint density at radius 2 is 0.821 bits per heavy atom. The summed E-state index contributed by atoms with van der Waals surface area (Å²) in [6.07, 6.45) is 59.1. The first-order valence-corrected chi connectivity index (χ1v) is 24.8. The predicted molar refractivity (Wildman–Crippen MR) is 245 cm³/mol. The van der Waals surface area contributed by atoms with Crippen molar-refractivity contribution in [1.29, 1.82) is 0 Å². The van der Waals surface area contributed by atoms with E-state index in [-0.39, 0.29) is 6.61 Å². The van der Waals surface area contributed by atoms with Gasteiger partial charge in [0.05, 0.1) is 18.8 Å². The Hall–Kier alpha value is -1.43. The van der Waals surface area contributed by atoms with Crippen molar-refractivity contribution in [2.24, 2.45) is 0 Å². The van der Waals surface area contributed by atoms with Crippen LogP contribution in [-0.4, -0.2) is 46.1 Å². The normalized spacial score (nSPS) is 13.7. The van der Waals surface area contributed by atoms with Crippen LogP contribution in [0.15, 0.2) is 36.5 Å². The lowest BCUT2D eigenvalue weighted by molar-refractivity contribution is -0.131. The average molecular weight is 788 g/mol. The van der Waals surface area contributed by atoms with Crippen LogP contribution in [0.5, 0.6) is 0 Å². The number of amides is 1. The fourth-order valence-electron chi connectivity index (χ4n) is 7.64. The van der Waals surface area contributed by atoms with Gasteiger partial charge in [-0.05, 0) is 44.9 Å². The highest BCUT2D eigenvalue weighted by atomic mass is 16.3. The molecule has 0 aromatic rings. The fourth-order valence-corrected chi connectivity index (χ4v) is 7.64. The number of carbonyl (C=O) groups is 1. The third-order valence-corrected chi connectivity index (χ3v) is 11.5. The quantitative estimate of drug-likeness (QED) is 0.0365. The number of allylic oxidation sites excluding steroid dienone is 5. The van der Waals surface area contributed by atoms with Gasteiger partial charge in [0.15, 0.2) is 0 Å². The number of hydrogen-bond acceptors (Lipinski definition) is 4. The van der Waals surface area contributed by atoms with Crippen LogP contribution in [0, 0.1) is 0 Å². The second-order valence-electron chi connectivity index (χ2n) is 17.0. The third-order valence-electron chi connectivity index (χ3n) is 11.5. The lowest BCUT2D eigenvalue weighted by Crippen LogP contribution is -2.48. The summed E-state index contributed by atoms with van der Waals surface area (Å²) in [6, 6.07) is -0.798. The largest absolute Gasteiger partial charge is 0.394 e. The number of nitrogens with one attached hydrogen (secondary N) is 1. The van der Waals surface area contributed by atoms with Gasteiger partial charge in [0.2, 0.25) is 5.91 Å². The van der Waals surface area contributed by atoms with Crippen LogP contribution < -0.4 is 5.32 Å². The Bertz CT molecular complexity index is 870. The van der Waals surface area contributed by atoms with E-state index >= 15 is 0 Å².